The van der Waals surface area contributed by atoms with E-state index in [1.807, 2.05) is 36.5 Å². The standard InChI is InChI=1S/C19H20N2O/c1-14-4-2-3-5-16(14)8-11-21-19(22)13-15-6-7-18-17(12-15)9-10-20-18/h2-7,9-10,12,20H,8,11,13H2,1H3,(H,21,22). The maximum absolute atomic E-state index is 12.0. The summed E-state index contributed by atoms with van der Waals surface area (Å²) in [6.45, 7) is 2.78. The molecule has 0 spiro atoms. The summed E-state index contributed by atoms with van der Waals surface area (Å²) in [7, 11) is 0. The molecule has 1 aromatic heterocycles. The molecule has 0 aliphatic carbocycles. The Morgan fingerprint density at radius 1 is 1.14 bits per heavy atom. The van der Waals surface area contributed by atoms with Crippen LogP contribution in [0.25, 0.3) is 10.9 Å². The Labute approximate surface area is 130 Å². The van der Waals surface area contributed by atoms with Gasteiger partial charge in [-0.25, -0.2) is 0 Å². The maximum atomic E-state index is 12.0. The van der Waals surface area contributed by atoms with Gasteiger partial charge in [0.2, 0.25) is 5.91 Å². The third-order valence-corrected chi connectivity index (χ3v) is 3.96. The van der Waals surface area contributed by atoms with Crippen LogP contribution in [0.4, 0.5) is 0 Å². The van der Waals surface area contributed by atoms with E-state index in [1.54, 1.807) is 0 Å². The molecular weight excluding hydrogens is 272 g/mol. The molecule has 0 saturated heterocycles. The van der Waals surface area contributed by atoms with Crippen LogP contribution in [-0.4, -0.2) is 17.4 Å². The van der Waals surface area contributed by atoms with Gasteiger partial charge in [0.25, 0.3) is 0 Å². The number of hydrogen-bond acceptors (Lipinski definition) is 1. The number of aromatic nitrogens is 1. The lowest BCUT2D eigenvalue weighted by Crippen LogP contribution is -2.27. The summed E-state index contributed by atoms with van der Waals surface area (Å²) in [4.78, 5) is 15.2. The summed E-state index contributed by atoms with van der Waals surface area (Å²) in [6.07, 6.45) is 3.21. The highest BCUT2D eigenvalue weighted by molar-refractivity contribution is 5.83. The van der Waals surface area contributed by atoms with Crippen molar-refractivity contribution in [3.05, 3.63) is 71.4 Å². The predicted octanol–water partition coefficient (Wildman–Crippen LogP) is 3.38. The van der Waals surface area contributed by atoms with E-state index in [-0.39, 0.29) is 5.91 Å². The van der Waals surface area contributed by atoms with Crippen molar-refractivity contribution in [1.82, 2.24) is 10.3 Å². The topological polar surface area (TPSA) is 44.9 Å². The van der Waals surface area contributed by atoms with Gasteiger partial charge in [-0.1, -0.05) is 30.3 Å². The van der Waals surface area contributed by atoms with Crippen LogP contribution >= 0.6 is 0 Å². The van der Waals surface area contributed by atoms with Crippen molar-refractivity contribution < 1.29 is 4.79 Å². The minimum absolute atomic E-state index is 0.0727. The minimum atomic E-state index is 0.0727. The van der Waals surface area contributed by atoms with Crippen LogP contribution in [-0.2, 0) is 17.6 Å². The molecule has 3 rings (SSSR count). The van der Waals surface area contributed by atoms with Gasteiger partial charge in [0.1, 0.15) is 0 Å². The molecule has 3 aromatic rings. The molecule has 0 aliphatic heterocycles. The lowest BCUT2D eigenvalue weighted by atomic mass is 10.1. The molecule has 1 amide bonds. The third-order valence-electron chi connectivity index (χ3n) is 3.96. The lowest BCUT2D eigenvalue weighted by molar-refractivity contribution is -0.120. The molecule has 0 atom stereocenters. The second-order valence-corrected chi connectivity index (χ2v) is 5.60. The van der Waals surface area contributed by atoms with Gasteiger partial charge < -0.3 is 10.3 Å². The van der Waals surface area contributed by atoms with Gasteiger partial charge in [-0.3, -0.25) is 4.79 Å². The summed E-state index contributed by atoms with van der Waals surface area (Å²) in [5, 5.41) is 4.15. The third kappa shape index (κ3) is 3.37. The number of hydrogen-bond donors (Lipinski definition) is 2. The molecule has 0 aliphatic rings. The Kier molecular flexibility index (Phi) is 4.24. The van der Waals surface area contributed by atoms with E-state index in [0.29, 0.717) is 13.0 Å². The fourth-order valence-electron chi connectivity index (χ4n) is 2.69. The summed E-state index contributed by atoms with van der Waals surface area (Å²) >= 11 is 0. The van der Waals surface area contributed by atoms with E-state index < -0.39 is 0 Å². The number of H-pyrrole nitrogens is 1. The second kappa shape index (κ2) is 6.48. The highest BCUT2D eigenvalue weighted by atomic mass is 16.1. The quantitative estimate of drug-likeness (QED) is 0.744. The Morgan fingerprint density at radius 2 is 2.00 bits per heavy atom. The fraction of sp³-hybridized carbons (Fsp3) is 0.211. The zero-order chi connectivity index (χ0) is 15.4. The molecule has 0 radical (unpaired) electrons. The van der Waals surface area contributed by atoms with Gasteiger partial charge in [0.15, 0.2) is 0 Å². The zero-order valence-electron chi connectivity index (χ0n) is 12.7. The van der Waals surface area contributed by atoms with E-state index in [0.717, 1.165) is 22.9 Å². The van der Waals surface area contributed by atoms with Gasteiger partial charge in [-0.2, -0.15) is 0 Å². The first-order valence-electron chi connectivity index (χ1n) is 7.59. The first-order valence-corrected chi connectivity index (χ1v) is 7.59. The van der Waals surface area contributed by atoms with Crippen LogP contribution in [0.3, 0.4) is 0 Å². The SMILES string of the molecule is Cc1ccccc1CCNC(=O)Cc1ccc2[nH]ccc2c1. The number of nitrogens with one attached hydrogen (secondary N) is 2. The van der Waals surface area contributed by atoms with E-state index in [9.17, 15) is 4.79 Å². The van der Waals surface area contributed by atoms with Crippen molar-refractivity contribution in [1.29, 1.82) is 0 Å². The molecule has 0 fully saturated rings. The second-order valence-electron chi connectivity index (χ2n) is 5.60. The van der Waals surface area contributed by atoms with E-state index in [1.165, 1.54) is 11.1 Å². The van der Waals surface area contributed by atoms with Gasteiger partial charge in [-0.05, 0) is 53.6 Å². The van der Waals surface area contributed by atoms with Gasteiger partial charge in [-0.15, -0.1) is 0 Å². The number of carbonyl (C=O) groups excluding carboxylic acids is 1. The van der Waals surface area contributed by atoms with Crippen molar-refractivity contribution in [3.8, 4) is 0 Å². The molecule has 2 N–H and O–H groups in total. The Hall–Kier alpha value is -2.55. The van der Waals surface area contributed by atoms with Crippen molar-refractivity contribution in [2.24, 2.45) is 0 Å². The molecular formula is C19H20N2O. The first-order chi connectivity index (χ1) is 10.7. The number of rotatable bonds is 5. The maximum Gasteiger partial charge on any atom is 0.224 e. The summed E-state index contributed by atoms with van der Waals surface area (Å²) in [5.41, 5.74) is 4.70. The van der Waals surface area contributed by atoms with Crippen LogP contribution in [0.2, 0.25) is 0 Å². The number of aryl methyl sites for hydroxylation is 1. The summed E-state index contributed by atoms with van der Waals surface area (Å²) < 4.78 is 0. The first kappa shape index (κ1) is 14.4. The van der Waals surface area contributed by atoms with Crippen molar-refractivity contribution in [2.45, 2.75) is 19.8 Å². The normalized spacial score (nSPS) is 10.8. The highest BCUT2D eigenvalue weighted by Crippen LogP contribution is 2.14. The van der Waals surface area contributed by atoms with Gasteiger partial charge >= 0.3 is 0 Å². The molecule has 0 saturated carbocycles. The van der Waals surface area contributed by atoms with E-state index >= 15 is 0 Å². The molecule has 0 unspecified atom stereocenters. The number of amides is 1. The van der Waals surface area contributed by atoms with Crippen LogP contribution < -0.4 is 5.32 Å². The Balaban J connectivity index is 1.53. The molecule has 3 nitrogen and oxygen atoms in total. The number of carbonyl (C=O) groups is 1. The summed E-state index contributed by atoms with van der Waals surface area (Å²) in [6, 6.07) is 16.4. The highest BCUT2D eigenvalue weighted by Gasteiger charge is 2.05. The molecule has 22 heavy (non-hydrogen) atoms. The summed E-state index contributed by atoms with van der Waals surface area (Å²) in [5.74, 6) is 0.0727. The molecule has 0 bridgehead atoms. The average Bonchev–Trinajstić information content (AvgIpc) is 2.97. The lowest BCUT2D eigenvalue weighted by Gasteiger charge is -2.08. The molecule has 2 aromatic carbocycles. The largest absolute Gasteiger partial charge is 0.361 e. The van der Waals surface area contributed by atoms with E-state index in [4.69, 9.17) is 0 Å². The van der Waals surface area contributed by atoms with Gasteiger partial charge in [0, 0.05) is 18.3 Å². The van der Waals surface area contributed by atoms with Crippen LogP contribution in [0.5, 0.6) is 0 Å². The fourth-order valence-corrected chi connectivity index (χ4v) is 2.69. The van der Waals surface area contributed by atoms with Crippen LogP contribution in [0.15, 0.2) is 54.7 Å². The van der Waals surface area contributed by atoms with Crippen molar-refractivity contribution in [2.75, 3.05) is 6.54 Å². The van der Waals surface area contributed by atoms with Crippen molar-refractivity contribution >= 4 is 16.8 Å². The Bertz CT molecular complexity index is 789. The Morgan fingerprint density at radius 3 is 2.86 bits per heavy atom. The smallest absolute Gasteiger partial charge is 0.224 e. The number of fused-ring (bicyclic) bond motifs is 1. The van der Waals surface area contributed by atoms with E-state index in [2.05, 4.69) is 35.4 Å². The predicted molar refractivity (Wildman–Crippen MR) is 89.9 cm³/mol. The minimum Gasteiger partial charge on any atom is -0.361 e. The van der Waals surface area contributed by atoms with Crippen LogP contribution in [0.1, 0.15) is 16.7 Å². The monoisotopic (exact) mass is 292 g/mol. The van der Waals surface area contributed by atoms with Crippen molar-refractivity contribution in [3.63, 3.8) is 0 Å². The molecule has 112 valence electrons. The van der Waals surface area contributed by atoms with Crippen LogP contribution in [0, 0.1) is 6.92 Å². The number of aromatic amines is 1. The molecule has 1 heterocycles. The molecule has 3 heteroatoms. The average molecular weight is 292 g/mol. The number of benzene rings is 2. The van der Waals surface area contributed by atoms with Gasteiger partial charge in [0.05, 0.1) is 6.42 Å². The zero-order valence-corrected chi connectivity index (χ0v) is 12.7.